The van der Waals surface area contributed by atoms with Crippen molar-refractivity contribution in [2.24, 2.45) is 5.92 Å². The molecule has 1 atom stereocenters. The van der Waals surface area contributed by atoms with Crippen LogP contribution in [0.25, 0.3) is 0 Å². The molecule has 0 unspecified atom stereocenters. The van der Waals surface area contributed by atoms with Crippen molar-refractivity contribution in [3.63, 3.8) is 0 Å². The van der Waals surface area contributed by atoms with Gasteiger partial charge in [-0.25, -0.2) is 0 Å². The van der Waals surface area contributed by atoms with Gasteiger partial charge in [0, 0.05) is 19.1 Å². The molecule has 0 saturated heterocycles. The fraction of sp³-hybridized carbons (Fsp3) is 0.350. The molecule has 4 nitrogen and oxygen atoms in total. The first-order valence-corrected chi connectivity index (χ1v) is 8.28. The van der Waals surface area contributed by atoms with Crippen LogP contribution in [0.3, 0.4) is 0 Å². The van der Waals surface area contributed by atoms with Gasteiger partial charge in [-0.05, 0) is 31.0 Å². The van der Waals surface area contributed by atoms with E-state index in [0.29, 0.717) is 19.6 Å². The smallest absolute Gasteiger partial charge is 0.223 e. The average molecular weight is 327 g/mol. The van der Waals surface area contributed by atoms with Crippen LogP contribution in [0.1, 0.15) is 17.5 Å². The number of aliphatic hydroxyl groups excluding tert-OH is 1. The van der Waals surface area contributed by atoms with E-state index >= 15 is 0 Å². The van der Waals surface area contributed by atoms with Gasteiger partial charge in [0.2, 0.25) is 5.91 Å². The number of aryl methyl sites for hydroxylation is 1. The lowest BCUT2D eigenvalue weighted by molar-refractivity contribution is -0.121. The van der Waals surface area contributed by atoms with Gasteiger partial charge in [0.15, 0.2) is 0 Å². The number of carbonyl (C=O) groups excluding carboxylic acids is 1. The van der Waals surface area contributed by atoms with Crippen molar-refractivity contribution in [1.29, 1.82) is 0 Å². The highest BCUT2D eigenvalue weighted by Gasteiger charge is 2.11. The Morgan fingerprint density at radius 2 is 1.83 bits per heavy atom. The zero-order valence-corrected chi connectivity index (χ0v) is 14.1. The molecule has 4 heteroatoms. The van der Waals surface area contributed by atoms with Crippen LogP contribution in [0.4, 0.5) is 0 Å². The van der Waals surface area contributed by atoms with Crippen LogP contribution in [0.15, 0.2) is 54.6 Å². The summed E-state index contributed by atoms with van der Waals surface area (Å²) in [5.41, 5.74) is 2.38. The maximum atomic E-state index is 11.9. The van der Waals surface area contributed by atoms with Crippen molar-refractivity contribution in [1.82, 2.24) is 5.32 Å². The quantitative estimate of drug-likeness (QED) is 0.744. The van der Waals surface area contributed by atoms with E-state index in [1.807, 2.05) is 37.3 Å². The predicted octanol–water partition coefficient (Wildman–Crippen LogP) is 2.73. The molecule has 0 aliphatic heterocycles. The van der Waals surface area contributed by atoms with Gasteiger partial charge in [-0.15, -0.1) is 0 Å². The van der Waals surface area contributed by atoms with Gasteiger partial charge in [0.25, 0.3) is 0 Å². The van der Waals surface area contributed by atoms with Crippen molar-refractivity contribution in [3.8, 4) is 5.75 Å². The Bertz CT molecular complexity index is 611. The summed E-state index contributed by atoms with van der Waals surface area (Å²) < 4.78 is 5.51. The lowest BCUT2D eigenvalue weighted by Gasteiger charge is -2.15. The second kappa shape index (κ2) is 9.73. The zero-order chi connectivity index (χ0) is 17.2. The molecule has 0 radical (unpaired) electrons. The Kier molecular flexibility index (Phi) is 7.30. The molecule has 2 aromatic carbocycles. The summed E-state index contributed by atoms with van der Waals surface area (Å²) in [6, 6.07) is 17.7. The summed E-state index contributed by atoms with van der Waals surface area (Å²) in [7, 11) is 0. The molecule has 0 spiro atoms. The molecule has 0 saturated carbocycles. The highest BCUT2D eigenvalue weighted by molar-refractivity contribution is 5.75. The largest absolute Gasteiger partial charge is 0.493 e. The third-order valence-electron chi connectivity index (χ3n) is 3.83. The van der Waals surface area contributed by atoms with E-state index in [-0.39, 0.29) is 18.4 Å². The molecule has 0 aliphatic rings. The maximum Gasteiger partial charge on any atom is 0.223 e. The molecular weight excluding hydrogens is 302 g/mol. The predicted molar refractivity (Wildman–Crippen MR) is 95.0 cm³/mol. The molecule has 2 rings (SSSR count). The number of aliphatic hydroxyl groups is 1. The summed E-state index contributed by atoms with van der Waals surface area (Å²) in [6.07, 6.45) is 1.05. The van der Waals surface area contributed by atoms with Gasteiger partial charge in [0.1, 0.15) is 5.75 Å². The summed E-state index contributed by atoms with van der Waals surface area (Å²) in [5, 5.41) is 12.4. The number of amides is 1. The van der Waals surface area contributed by atoms with E-state index in [0.717, 1.165) is 12.2 Å². The van der Waals surface area contributed by atoms with Gasteiger partial charge in [-0.2, -0.15) is 0 Å². The van der Waals surface area contributed by atoms with Crippen molar-refractivity contribution in [3.05, 3.63) is 65.7 Å². The first kappa shape index (κ1) is 18.0. The highest BCUT2D eigenvalue weighted by atomic mass is 16.5. The molecule has 0 aromatic heterocycles. The Balaban J connectivity index is 1.68. The maximum absolute atomic E-state index is 11.9. The second-order valence-corrected chi connectivity index (χ2v) is 5.95. The minimum atomic E-state index is -0.0618. The summed E-state index contributed by atoms with van der Waals surface area (Å²) in [4.78, 5) is 11.9. The molecule has 1 amide bonds. The standard InChI is InChI=1S/C20H25NO3/c1-16-7-9-17(10-8-16)13-18(15-22)14-21-20(23)11-12-24-19-5-3-2-4-6-19/h2-10,18,22H,11-15H2,1H3,(H,21,23)/t18-/m1/s1. The number of carbonyl (C=O) groups is 1. The van der Waals surface area contributed by atoms with Gasteiger partial charge in [0.05, 0.1) is 13.0 Å². The lowest BCUT2D eigenvalue weighted by Crippen LogP contribution is -2.32. The Morgan fingerprint density at radius 1 is 1.12 bits per heavy atom. The first-order chi connectivity index (χ1) is 11.7. The summed E-state index contributed by atoms with van der Waals surface area (Å²) >= 11 is 0. The van der Waals surface area contributed by atoms with Gasteiger partial charge in [-0.3, -0.25) is 4.79 Å². The van der Waals surface area contributed by atoms with Crippen molar-refractivity contribution in [2.45, 2.75) is 19.8 Å². The Hall–Kier alpha value is -2.33. The van der Waals surface area contributed by atoms with Crippen LogP contribution in [-0.2, 0) is 11.2 Å². The number of hydrogen-bond donors (Lipinski definition) is 2. The average Bonchev–Trinajstić information content (AvgIpc) is 2.61. The molecule has 0 aliphatic carbocycles. The fourth-order valence-corrected chi connectivity index (χ4v) is 2.38. The van der Waals surface area contributed by atoms with Crippen LogP contribution >= 0.6 is 0 Å². The second-order valence-electron chi connectivity index (χ2n) is 5.95. The lowest BCUT2D eigenvalue weighted by atomic mass is 9.99. The number of benzene rings is 2. The molecule has 2 aromatic rings. The van der Waals surface area contributed by atoms with Crippen LogP contribution < -0.4 is 10.1 Å². The Morgan fingerprint density at radius 3 is 2.50 bits per heavy atom. The third kappa shape index (κ3) is 6.42. The van der Waals surface area contributed by atoms with E-state index in [2.05, 4.69) is 29.6 Å². The molecule has 0 bridgehead atoms. The van der Waals surface area contributed by atoms with E-state index in [9.17, 15) is 9.90 Å². The number of hydrogen-bond acceptors (Lipinski definition) is 3. The van der Waals surface area contributed by atoms with E-state index in [1.165, 1.54) is 11.1 Å². The molecular formula is C20H25NO3. The van der Waals surface area contributed by atoms with E-state index in [4.69, 9.17) is 4.74 Å². The van der Waals surface area contributed by atoms with Crippen LogP contribution in [-0.4, -0.2) is 30.8 Å². The topological polar surface area (TPSA) is 58.6 Å². The van der Waals surface area contributed by atoms with Crippen LogP contribution in [0.2, 0.25) is 0 Å². The zero-order valence-electron chi connectivity index (χ0n) is 14.1. The van der Waals surface area contributed by atoms with E-state index in [1.54, 1.807) is 0 Å². The fourth-order valence-electron chi connectivity index (χ4n) is 2.38. The van der Waals surface area contributed by atoms with Crippen molar-refractivity contribution < 1.29 is 14.6 Å². The molecule has 128 valence electrons. The van der Waals surface area contributed by atoms with Crippen molar-refractivity contribution in [2.75, 3.05) is 19.8 Å². The normalized spacial score (nSPS) is 11.8. The van der Waals surface area contributed by atoms with E-state index < -0.39 is 0 Å². The van der Waals surface area contributed by atoms with Gasteiger partial charge in [-0.1, -0.05) is 48.0 Å². The molecule has 0 fully saturated rings. The summed E-state index contributed by atoms with van der Waals surface area (Å²) in [5.74, 6) is 0.720. The molecule has 0 heterocycles. The molecule has 2 N–H and O–H groups in total. The first-order valence-electron chi connectivity index (χ1n) is 8.28. The number of para-hydroxylation sites is 1. The number of ether oxygens (including phenoxy) is 1. The number of nitrogens with one attached hydrogen (secondary N) is 1. The van der Waals surface area contributed by atoms with Gasteiger partial charge >= 0.3 is 0 Å². The van der Waals surface area contributed by atoms with Gasteiger partial charge < -0.3 is 15.2 Å². The number of rotatable bonds is 9. The third-order valence-corrected chi connectivity index (χ3v) is 3.83. The monoisotopic (exact) mass is 327 g/mol. The summed E-state index contributed by atoms with van der Waals surface area (Å²) in [6.45, 7) is 2.91. The molecule has 24 heavy (non-hydrogen) atoms. The van der Waals surface area contributed by atoms with Crippen LogP contribution in [0.5, 0.6) is 5.75 Å². The van der Waals surface area contributed by atoms with Crippen molar-refractivity contribution >= 4 is 5.91 Å². The highest BCUT2D eigenvalue weighted by Crippen LogP contribution is 2.10. The van der Waals surface area contributed by atoms with Crippen LogP contribution in [0, 0.1) is 12.8 Å². The SMILES string of the molecule is Cc1ccc(C[C@@H](CO)CNC(=O)CCOc2ccccc2)cc1. The minimum absolute atomic E-state index is 0.0201. The minimum Gasteiger partial charge on any atom is -0.493 e. The Labute approximate surface area is 143 Å².